The molecule has 3 atom stereocenters. The summed E-state index contributed by atoms with van der Waals surface area (Å²) in [5.41, 5.74) is 3.76. The Balaban J connectivity index is 1.47. The molecule has 30 heavy (non-hydrogen) atoms. The lowest BCUT2D eigenvalue weighted by Crippen LogP contribution is -2.45. The second-order valence-electron chi connectivity index (χ2n) is 8.33. The molecule has 5 heteroatoms. The SMILES string of the molecule is CC(NC(=O)C1CCCCC1C(=O)N1CCc2ccccc21)c1ccc(C#N)cc1. The van der Waals surface area contributed by atoms with Gasteiger partial charge in [-0.25, -0.2) is 0 Å². The van der Waals surface area contributed by atoms with Crippen molar-refractivity contribution >= 4 is 17.5 Å². The summed E-state index contributed by atoms with van der Waals surface area (Å²) in [6, 6.07) is 17.3. The summed E-state index contributed by atoms with van der Waals surface area (Å²) in [5.74, 6) is -0.513. The number of carbonyl (C=O) groups is 2. The van der Waals surface area contributed by atoms with E-state index in [0.717, 1.165) is 43.4 Å². The van der Waals surface area contributed by atoms with E-state index in [-0.39, 0.29) is 29.7 Å². The van der Waals surface area contributed by atoms with Crippen molar-refractivity contribution in [2.75, 3.05) is 11.4 Å². The number of fused-ring (bicyclic) bond motifs is 1. The highest BCUT2D eigenvalue weighted by molar-refractivity contribution is 5.99. The standard InChI is InChI=1S/C25H27N3O2/c1-17(19-12-10-18(16-26)11-13-19)27-24(29)21-7-3-4-8-22(21)25(30)28-15-14-20-6-2-5-9-23(20)28/h2,5-6,9-13,17,21-22H,3-4,7-8,14-15H2,1H3,(H,27,29). The molecule has 2 aromatic carbocycles. The molecule has 0 spiro atoms. The van der Waals surface area contributed by atoms with Crippen LogP contribution in [-0.2, 0) is 16.0 Å². The van der Waals surface area contributed by atoms with Gasteiger partial charge in [-0.05, 0) is 55.5 Å². The lowest BCUT2D eigenvalue weighted by molar-refractivity contribution is -0.135. The highest BCUT2D eigenvalue weighted by Gasteiger charge is 2.39. The number of para-hydroxylation sites is 1. The van der Waals surface area contributed by atoms with Gasteiger partial charge in [0.15, 0.2) is 0 Å². The van der Waals surface area contributed by atoms with Crippen LogP contribution in [0.1, 0.15) is 55.3 Å². The van der Waals surface area contributed by atoms with Crippen LogP contribution in [0, 0.1) is 23.2 Å². The number of benzene rings is 2. The molecule has 3 unspecified atom stereocenters. The first-order valence-corrected chi connectivity index (χ1v) is 10.8. The lowest BCUT2D eigenvalue weighted by Gasteiger charge is -2.33. The number of rotatable bonds is 4. The molecule has 1 aliphatic carbocycles. The number of nitrogens with zero attached hydrogens (tertiary/aromatic N) is 2. The molecule has 1 N–H and O–H groups in total. The van der Waals surface area contributed by atoms with Crippen molar-refractivity contribution in [3.63, 3.8) is 0 Å². The molecule has 1 saturated carbocycles. The van der Waals surface area contributed by atoms with Crippen LogP contribution in [0.5, 0.6) is 0 Å². The largest absolute Gasteiger partial charge is 0.349 e. The summed E-state index contributed by atoms with van der Waals surface area (Å²) in [5, 5.41) is 12.1. The van der Waals surface area contributed by atoms with Gasteiger partial charge in [-0.3, -0.25) is 9.59 Å². The van der Waals surface area contributed by atoms with Crippen LogP contribution in [0.15, 0.2) is 48.5 Å². The monoisotopic (exact) mass is 401 g/mol. The van der Waals surface area contributed by atoms with E-state index < -0.39 is 0 Å². The Kier molecular flexibility index (Phi) is 5.85. The minimum Gasteiger partial charge on any atom is -0.349 e. The van der Waals surface area contributed by atoms with Gasteiger partial charge in [0, 0.05) is 18.2 Å². The molecule has 5 nitrogen and oxygen atoms in total. The minimum atomic E-state index is -0.292. The summed E-state index contributed by atoms with van der Waals surface area (Å²) < 4.78 is 0. The predicted octanol–water partition coefficient (Wildman–Crippen LogP) is 4.13. The Labute approximate surface area is 177 Å². The van der Waals surface area contributed by atoms with Crippen molar-refractivity contribution in [2.24, 2.45) is 11.8 Å². The van der Waals surface area contributed by atoms with Crippen molar-refractivity contribution in [3.05, 3.63) is 65.2 Å². The fraction of sp³-hybridized carbons (Fsp3) is 0.400. The lowest BCUT2D eigenvalue weighted by atomic mass is 9.77. The van der Waals surface area contributed by atoms with Crippen molar-refractivity contribution in [3.8, 4) is 6.07 Å². The Bertz CT molecular complexity index is 977. The number of amides is 2. The highest BCUT2D eigenvalue weighted by atomic mass is 16.2. The molecule has 0 saturated heterocycles. The second kappa shape index (κ2) is 8.71. The first-order chi connectivity index (χ1) is 14.6. The van der Waals surface area contributed by atoms with Crippen LogP contribution in [-0.4, -0.2) is 18.4 Å². The number of hydrogen-bond donors (Lipinski definition) is 1. The quantitative estimate of drug-likeness (QED) is 0.837. The van der Waals surface area contributed by atoms with E-state index in [4.69, 9.17) is 5.26 Å². The van der Waals surface area contributed by atoms with Crippen LogP contribution in [0.2, 0.25) is 0 Å². The predicted molar refractivity (Wildman–Crippen MR) is 116 cm³/mol. The van der Waals surface area contributed by atoms with Gasteiger partial charge in [-0.15, -0.1) is 0 Å². The number of nitriles is 1. The van der Waals surface area contributed by atoms with E-state index in [2.05, 4.69) is 17.5 Å². The Morgan fingerprint density at radius 1 is 1.07 bits per heavy atom. The zero-order valence-corrected chi connectivity index (χ0v) is 17.3. The number of carbonyl (C=O) groups excluding carboxylic acids is 2. The maximum absolute atomic E-state index is 13.4. The summed E-state index contributed by atoms with van der Waals surface area (Å²) >= 11 is 0. The van der Waals surface area contributed by atoms with Crippen molar-refractivity contribution < 1.29 is 9.59 Å². The van der Waals surface area contributed by atoms with Gasteiger partial charge in [0.25, 0.3) is 0 Å². The van der Waals surface area contributed by atoms with E-state index in [0.29, 0.717) is 12.1 Å². The molecule has 154 valence electrons. The molecule has 1 aliphatic heterocycles. The third kappa shape index (κ3) is 3.95. The van der Waals surface area contributed by atoms with Crippen molar-refractivity contribution in [1.29, 1.82) is 5.26 Å². The smallest absolute Gasteiger partial charge is 0.230 e. The van der Waals surface area contributed by atoms with Crippen LogP contribution in [0.4, 0.5) is 5.69 Å². The van der Waals surface area contributed by atoms with Crippen LogP contribution >= 0.6 is 0 Å². The molecule has 0 aromatic heterocycles. The molecule has 2 aromatic rings. The Morgan fingerprint density at radius 3 is 2.50 bits per heavy atom. The van der Waals surface area contributed by atoms with Gasteiger partial charge in [-0.1, -0.05) is 43.2 Å². The topological polar surface area (TPSA) is 73.2 Å². The van der Waals surface area contributed by atoms with Gasteiger partial charge in [0.2, 0.25) is 11.8 Å². The van der Waals surface area contributed by atoms with Crippen molar-refractivity contribution in [1.82, 2.24) is 5.32 Å². The van der Waals surface area contributed by atoms with Crippen molar-refractivity contribution in [2.45, 2.75) is 45.1 Å². The first-order valence-electron chi connectivity index (χ1n) is 10.8. The summed E-state index contributed by atoms with van der Waals surface area (Å²) in [6.07, 6.45) is 4.35. The number of anilines is 1. The highest BCUT2D eigenvalue weighted by Crippen LogP contribution is 2.36. The van der Waals surface area contributed by atoms with Gasteiger partial charge in [0.1, 0.15) is 0 Å². The van der Waals surface area contributed by atoms with E-state index >= 15 is 0 Å². The Morgan fingerprint density at radius 2 is 1.77 bits per heavy atom. The number of hydrogen-bond acceptors (Lipinski definition) is 3. The van der Waals surface area contributed by atoms with E-state index in [1.165, 1.54) is 5.56 Å². The molecule has 2 aliphatic rings. The van der Waals surface area contributed by atoms with E-state index in [1.54, 1.807) is 12.1 Å². The van der Waals surface area contributed by atoms with Crippen LogP contribution < -0.4 is 10.2 Å². The normalized spacial score (nSPS) is 21.4. The van der Waals surface area contributed by atoms with Gasteiger partial charge in [-0.2, -0.15) is 5.26 Å². The maximum Gasteiger partial charge on any atom is 0.230 e. The average Bonchev–Trinajstić information content (AvgIpc) is 3.22. The van der Waals surface area contributed by atoms with Gasteiger partial charge >= 0.3 is 0 Å². The number of nitrogens with one attached hydrogen (secondary N) is 1. The molecule has 2 amide bonds. The Hall–Kier alpha value is -3.13. The maximum atomic E-state index is 13.4. The average molecular weight is 402 g/mol. The van der Waals surface area contributed by atoms with Gasteiger partial charge < -0.3 is 10.2 Å². The summed E-state index contributed by atoms with van der Waals surface area (Å²) in [4.78, 5) is 28.5. The fourth-order valence-corrected chi connectivity index (χ4v) is 4.76. The van der Waals surface area contributed by atoms with E-state index in [9.17, 15) is 9.59 Å². The molecule has 0 radical (unpaired) electrons. The molecule has 0 bridgehead atoms. The summed E-state index contributed by atoms with van der Waals surface area (Å²) in [6.45, 7) is 2.64. The zero-order chi connectivity index (χ0) is 21.1. The zero-order valence-electron chi connectivity index (χ0n) is 17.3. The van der Waals surface area contributed by atoms with Crippen LogP contribution in [0.3, 0.4) is 0 Å². The molecule has 1 heterocycles. The molecule has 1 fully saturated rings. The van der Waals surface area contributed by atoms with Crippen LogP contribution in [0.25, 0.3) is 0 Å². The summed E-state index contributed by atoms with van der Waals surface area (Å²) in [7, 11) is 0. The molecular formula is C25H27N3O2. The van der Waals surface area contributed by atoms with Gasteiger partial charge in [0.05, 0.1) is 23.6 Å². The molecular weight excluding hydrogens is 374 g/mol. The van der Waals surface area contributed by atoms with E-state index in [1.807, 2.05) is 42.2 Å². The molecule has 4 rings (SSSR count). The third-order valence-electron chi connectivity index (χ3n) is 6.47. The first kappa shape index (κ1) is 20.2. The second-order valence-corrected chi connectivity index (χ2v) is 8.33. The third-order valence-corrected chi connectivity index (χ3v) is 6.47. The minimum absolute atomic E-state index is 0.0441. The fourth-order valence-electron chi connectivity index (χ4n) is 4.76.